The fraction of sp³-hybridized carbons (Fsp3) is 0.500. The van der Waals surface area contributed by atoms with Gasteiger partial charge in [-0.25, -0.2) is 0 Å². The second-order valence-corrected chi connectivity index (χ2v) is 13.9. The molecule has 7 nitrogen and oxygen atoms in total. The van der Waals surface area contributed by atoms with Crippen LogP contribution in [0.2, 0.25) is 0 Å². The van der Waals surface area contributed by atoms with Gasteiger partial charge in [-0.2, -0.15) is 0 Å². The molecule has 0 aliphatic carbocycles. The van der Waals surface area contributed by atoms with Gasteiger partial charge in [-0.1, -0.05) is 60.7 Å². The van der Waals surface area contributed by atoms with Gasteiger partial charge in [0.1, 0.15) is 6.04 Å². The van der Waals surface area contributed by atoms with Gasteiger partial charge in [-0.15, -0.1) is 11.8 Å². The molecule has 202 valence electrons. The maximum atomic E-state index is 14.4. The van der Waals surface area contributed by atoms with E-state index < -0.39 is 39.0 Å². The van der Waals surface area contributed by atoms with E-state index in [1.165, 1.54) is 0 Å². The molecule has 3 fully saturated rings. The molecule has 38 heavy (non-hydrogen) atoms. The molecule has 3 amide bonds. The molecule has 3 aliphatic rings. The van der Waals surface area contributed by atoms with Gasteiger partial charge in [0.15, 0.2) is 0 Å². The van der Waals surface area contributed by atoms with Crippen molar-refractivity contribution in [3.05, 3.63) is 71.8 Å². The summed E-state index contributed by atoms with van der Waals surface area (Å²) in [5.74, 6) is -1.82. The third-order valence-corrected chi connectivity index (χ3v) is 10.2. The van der Waals surface area contributed by atoms with E-state index in [4.69, 9.17) is 0 Å². The Morgan fingerprint density at radius 3 is 2.29 bits per heavy atom. The standard InChI is InChI=1S/C30H37N3O4S/c1-28(2,3)32-26(36)24-30-16-15-29(4,38-30)22(25(35)31-17-19-11-7-5-8-12-19)23(30)27(37)33(24)21(18-34)20-13-9-6-10-14-20/h5-14,21-24,34H,15-18H2,1-4H3,(H,31,35)(H,32,36)/t21-,22-,23+,24?,29+,30?/m1/s1. The van der Waals surface area contributed by atoms with Crippen molar-refractivity contribution in [2.24, 2.45) is 11.8 Å². The number of nitrogens with zero attached hydrogens (tertiary/aromatic N) is 1. The summed E-state index contributed by atoms with van der Waals surface area (Å²) in [6.45, 7) is 7.89. The first-order chi connectivity index (χ1) is 18.0. The fourth-order valence-corrected chi connectivity index (χ4v) is 9.11. The highest BCUT2D eigenvalue weighted by Crippen LogP contribution is 2.72. The number of benzene rings is 2. The zero-order valence-electron chi connectivity index (χ0n) is 22.4. The summed E-state index contributed by atoms with van der Waals surface area (Å²) in [6, 6.07) is 17.6. The Balaban J connectivity index is 1.54. The highest BCUT2D eigenvalue weighted by molar-refractivity contribution is 8.02. The third-order valence-electron chi connectivity index (χ3n) is 8.25. The summed E-state index contributed by atoms with van der Waals surface area (Å²) in [4.78, 5) is 43.8. The molecule has 5 rings (SSSR count). The Bertz CT molecular complexity index is 1220. The van der Waals surface area contributed by atoms with Crippen LogP contribution >= 0.6 is 11.8 Å². The van der Waals surface area contributed by atoms with Crippen LogP contribution in [-0.2, 0) is 20.9 Å². The van der Waals surface area contributed by atoms with E-state index in [0.717, 1.165) is 17.5 Å². The average molecular weight is 536 g/mol. The molecule has 2 aromatic carbocycles. The topological polar surface area (TPSA) is 98.7 Å². The van der Waals surface area contributed by atoms with Crippen molar-refractivity contribution >= 4 is 29.5 Å². The van der Waals surface area contributed by atoms with Crippen LogP contribution in [0.25, 0.3) is 0 Å². The molecule has 6 atom stereocenters. The number of thioether (sulfide) groups is 1. The highest BCUT2D eigenvalue weighted by atomic mass is 32.2. The lowest BCUT2D eigenvalue weighted by molar-refractivity contribution is -0.143. The van der Waals surface area contributed by atoms with E-state index >= 15 is 0 Å². The van der Waals surface area contributed by atoms with E-state index in [2.05, 4.69) is 17.6 Å². The minimum absolute atomic E-state index is 0.152. The largest absolute Gasteiger partial charge is 0.394 e. The molecule has 0 radical (unpaired) electrons. The van der Waals surface area contributed by atoms with E-state index in [-0.39, 0.29) is 24.3 Å². The molecular weight excluding hydrogens is 498 g/mol. The molecule has 1 spiro atoms. The predicted molar refractivity (Wildman–Crippen MR) is 148 cm³/mol. The smallest absolute Gasteiger partial charge is 0.244 e. The molecule has 0 aromatic heterocycles. The van der Waals surface area contributed by atoms with Crippen LogP contribution in [-0.4, -0.2) is 55.4 Å². The Morgan fingerprint density at radius 1 is 1.05 bits per heavy atom. The van der Waals surface area contributed by atoms with Crippen molar-refractivity contribution < 1.29 is 19.5 Å². The number of likely N-dealkylation sites (tertiary alicyclic amines) is 1. The highest BCUT2D eigenvalue weighted by Gasteiger charge is 2.77. The maximum absolute atomic E-state index is 14.4. The lowest BCUT2D eigenvalue weighted by Crippen LogP contribution is -2.57. The molecule has 2 bridgehead atoms. The van der Waals surface area contributed by atoms with E-state index in [9.17, 15) is 19.5 Å². The van der Waals surface area contributed by atoms with Gasteiger partial charge < -0.3 is 20.6 Å². The zero-order valence-corrected chi connectivity index (χ0v) is 23.3. The zero-order chi connectivity index (χ0) is 27.3. The van der Waals surface area contributed by atoms with Crippen molar-refractivity contribution in [2.75, 3.05) is 6.61 Å². The summed E-state index contributed by atoms with van der Waals surface area (Å²) < 4.78 is -1.19. The molecule has 2 unspecified atom stereocenters. The predicted octanol–water partition coefficient (Wildman–Crippen LogP) is 3.43. The van der Waals surface area contributed by atoms with Gasteiger partial charge in [0, 0.05) is 16.8 Å². The van der Waals surface area contributed by atoms with Crippen molar-refractivity contribution in [2.45, 2.75) is 74.2 Å². The molecule has 3 aliphatic heterocycles. The SMILES string of the molecule is CC(C)(C)NC(=O)C1N([C@H](CO)c2ccccc2)C(=O)[C@@H]2[C@H](C(=O)NCc3ccccc3)[C@]3(C)CCC12S3. The van der Waals surface area contributed by atoms with Crippen LogP contribution in [0.1, 0.15) is 57.7 Å². The molecular formula is C30H37N3O4S. The lowest BCUT2D eigenvalue weighted by atomic mass is 9.66. The number of fused-ring (bicyclic) bond motifs is 1. The van der Waals surface area contributed by atoms with E-state index in [1.807, 2.05) is 81.4 Å². The van der Waals surface area contributed by atoms with Crippen LogP contribution in [0.3, 0.4) is 0 Å². The van der Waals surface area contributed by atoms with Crippen LogP contribution < -0.4 is 10.6 Å². The monoisotopic (exact) mass is 535 g/mol. The summed E-state index contributed by atoms with van der Waals surface area (Å²) in [7, 11) is 0. The quantitative estimate of drug-likeness (QED) is 0.505. The number of amides is 3. The number of rotatable bonds is 7. The minimum Gasteiger partial charge on any atom is -0.394 e. The second-order valence-electron chi connectivity index (χ2n) is 12.0. The molecule has 0 saturated carbocycles. The Labute approximate surface area is 228 Å². The Morgan fingerprint density at radius 2 is 1.68 bits per heavy atom. The van der Waals surface area contributed by atoms with Crippen LogP contribution in [0.15, 0.2) is 60.7 Å². The number of carbonyl (C=O) groups excluding carboxylic acids is 3. The molecule has 2 aromatic rings. The van der Waals surface area contributed by atoms with Gasteiger partial charge in [0.25, 0.3) is 0 Å². The summed E-state index contributed by atoms with van der Waals surface area (Å²) in [5, 5.41) is 16.7. The van der Waals surface area contributed by atoms with E-state index in [1.54, 1.807) is 16.7 Å². The minimum atomic E-state index is -0.796. The van der Waals surface area contributed by atoms with Gasteiger partial charge in [0.05, 0.1) is 29.2 Å². The van der Waals surface area contributed by atoms with Gasteiger partial charge in [-0.3, -0.25) is 14.4 Å². The van der Waals surface area contributed by atoms with Gasteiger partial charge >= 0.3 is 0 Å². The molecule has 8 heteroatoms. The summed E-state index contributed by atoms with van der Waals surface area (Å²) in [6.07, 6.45) is 1.41. The molecule has 3 saturated heterocycles. The van der Waals surface area contributed by atoms with Crippen molar-refractivity contribution in [3.8, 4) is 0 Å². The Hall–Kier alpha value is -2.84. The van der Waals surface area contributed by atoms with Crippen molar-refractivity contribution in [1.82, 2.24) is 15.5 Å². The number of nitrogens with one attached hydrogen (secondary N) is 2. The number of hydrogen-bond donors (Lipinski definition) is 3. The van der Waals surface area contributed by atoms with Crippen molar-refractivity contribution in [1.29, 1.82) is 0 Å². The van der Waals surface area contributed by atoms with Gasteiger partial charge in [0.2, 0.25) is 17.7 Å². The number of aliphatic hydroxyl groups is 1. The lowest BCUT2D eigenvalue weighted by Gasteiger charge is -2.38. The second kappa shape index (κ2) is 9.72. The normalized spacial score (nSPS) is 30.7. The van der Waals surface area contributed by atoms with Crippen LogP contribution in [0.5, 0.6) is 0 Å². The summed E-state index contributed by atoms with van der Waals surface area (Å²) >= 11 is 1.64. The van der Waals surface area contributed by atoms with E-state index in [0.29, 0.717) is 13.0 Å². The van der Waals surface area contributed by atoms with Gasteiger partial charge in [-0.05, 0) is 51.7 Å². The first kappa shape index (κ1) is 26.8. The average Bonchev–Trinajstić information content (AvgIpc) is 3.44. The number of aliphatic hydroxyl groups excluding tert-OH is 1. The van der Waals surface area contributed by atoms with Crippen molar-refractivity contribution in [3.63, 3.8) is 0 Å². The first-order valence-corrected chi connectivity index (χ1v) is 14.1. The van der Waals surface area contributed by atoms with Crippen LogP contribution in [0.4, 0.5) is 0 Å². The molecule has 3 N–H and O–H groups in total. The Kier molecular flexibility index (Phi) is 6.84. The summed E-state index contributed by atoms with van der Waals surface area (Å²) in [5.41, 5.74) is 1.26. The fourth-order valence-electron chi connectivity index (χ4n) is 6.76. The van der Waals surface area contributed by atoms with Crippen LogP contribution in [0, 0.1) is 11.8 Å². The number of carbonyl (C=O) groups is 3. The first-order valence-electron chi connectivity index (χ1n) is 13.3. The maximum Gasteiger partial charge on any atom is 0.244 e. The number of hydrogen-bond acceptors (Lipinski definition) is 5. The molecule has 3 heterocycles. The third kappa shape index (κ3) is 4.41.